The van der Waals surface area contributed by atoms with E-state index in [1.54, 1.807) is 6.92 Å². The van der Waals surface area contributed by atoms with Crippen LogP contribution in [0.3, 0.4) is 0 Å². The summed E-state index contributed by atoms with van der Waals surface area (Å²) < 4.78 is 0. The van der Waals surface area contributed by atoms with Crippen molar-refractivity contribution < 1.29 is 9.90 Å². The molecule has 1 unspecified atom stereocenters. The third kappa shape index (κ3) is 1.54. The second-order valence-electron chi connectivity index (χ2n) is 6.95. The van der Waals surface area contributed by atoms with E-state index in [0.717, 1.165) is 19.3 Å². The molecule has 0 bridgehead atoms. The second-order valence-corrected chi connectivity index (χ2v) is 6.95. The summed E-state index contributed by atoms with van der Waals surface area (Å²) in [5.41, 5.74) is -1.12. The predicted molar refractivity (Wildman–Crippen MR) is 64.1 cm³/mol. The van der Waals surface area contributed by atoms with Crippen molar-refractivity contribution in [2.45, 2.75) is 65.4 Å². The molecule has 1 N–H and O–H groups in total. The van der Waals surface area contributed by atoms with Gasteiger partial charge in [0.25, 0.3) is 0 Å². The highest BCUT2D eigenvalue weighted by molar-refractivity contribution is 5.93. The third-order valence-electron chi connectivity index (χ3n) is 5.16. The highest BCUT2D eigenvalue weighted by Gasteiger charge is 2.57. The molecule has 2 rings (SSSR count). The number of aliphatic hydroxyl groups is 1. The molecule has 0 aliphatic heterocycles. The molecule has 2 nitrogen and oxygen atoms in total. The number of ketones is 1. The third-order valence-corrected chi connectivity index (χ3v) is 5.16. The van der Waals surface area contributed by atoms with Crippen LogP contribution >= 0.6 is 0 Å². The van der Waals surface area contributed by atoms with Crippen LogP contribution in [0.15, 0.2) is 0 Å². The van der Waals surface area contributed by atoms with Gasteiger partial charge in [0.05, 0.1) is 0 Å². The lowest BCUT2D eigenvalue weighted by Crippen LogP contribution is -2.58. The molecule has 2 heteroatoms. The van der Waals surface area contributed by atoms with Crippen LogP contribution < -0.4 is 0 Å². The molecule has 2 aliphatic carbocycles. The first kappa shape index (κ1) is 12.1. The minimum absolute atomic E-state index is 0.0871. The maximum absolute atomic E-state index is 12.4. The van der Waals surface area contributed by atoms with E-state index in [4.69, 9.17) is 0 Å². The van der Waals surface area contributed by atoms with Crippen molar-refractivity contribution >= 4 is 5.78 Å². The summed E-state index contributed by atoms with van der Waals surface area (Å²) in [6, 6.07) is 0. The second kappa shape index (κ2) is 3.32. The Morgan fingerprint density at radius 2 is 1.75 bits per heavy atom. The minimum Gasteiger partial charge on any atom is -0.382 e. The summed E-state index contributed by atoms with van der Waals surface area (Å²) in [7, 11) is 0. The zero-order valence-electron chi connectivity index (χ0n) is 11.0. The van der Waals surface area contributed by atoms with Gasteiger partial charge in [-0.3, -0.25) is 4.79 Å². The SMILES string of the molecule is CC1(C)CCC[C@]2(C)C(=O)[C@](C)(O)CCC12. The van der Waals surface area contributed by atoms with Crippen molar-refractivity contribution in [3.05, 3.63) is 0 Å². The van der Waals surface area contributed by atoms with Crippen molar-refractivity contribution in [3.63, 3.8) is 0 Å². The maximum atomic E-state index is 12.4. The molecule has 0 radical (unpaired) electrons. The summed E-state index contributed by atoms with van der Waals surface area (Å²) in [5.74, 6) is 0.533. The Balaban J connectivity index is 2.38. The first-order chi connectivity index (χ1) is 7.20. The van der Waals surface area contributed by atoms with Crippen molar-refractivity contribution in [1.29, 1.82) is 0 Å². The molecule has 2 fully saturated rings. The topological polar surface area (TPSA) is 37.3 Å². The van der Waals surface area contributed by atoms with Crippen LogP contribution in [0.4, 0.5) is 0 Å². The van der Waals surface area contributed by atoms with Gasteiger partial charge in [0, 0.05) is 5.41 Å². The molecule has 92 valence electrons. The number of hydrogen-bond acceptors (Lipinski definition) is 2. The lowest BCUT2D eigenvalue weighted by molar-refractivity contribution is -0.167. The van der Waals surface area contributed by atoms with E-state index in [0.29, 0.717) is 12.3 Å². The van der Waals surface area contributed by atoms with E-state index in [1.807, 2.05) is 0 Å². The van der Waals surface area contributed by atoms with Crippen LogP contribution in [-0.2, 0) is 4.79 Å². The van der Waals surface area contributed by atoms with Gasteiger partial charge in [0.15, 0.2) is 5.78 Å². The fourth-order valence-corrected chi connectivity index (χ4v) is 4.26. The van der Waals surface area contributed by atoms with Crippen LogP contribution in [0, 0.1) is 16.7 Å². The van der Waals surface area contributed by atoms with Crippen molar-refractivity contribution in [3.8, 4) is 0 Å². The average Bonchev–Trinajstić information content (AvgIpc) is 2.12. The highest BCUT2D eigenvalue weighted by Crippen LogP contribution is 2.57. The van der Waals surface area contributed by atoms with Gasteiger partial charge >= 0.3 is 0 Å². The summed E-state index contributed by atoms with van der Waals surface area (Å²) in [5, 5.41) is 10.2. The largest absolute Gasteiger partial charge is 0.382 e. The smallest absolute Gasteiger partial charge is 0.170 e. The standard InChI is InChI=1S/C14H24O2/c1-12(2)7-5-8-13(3)10(12)6-9-14(4,16)11(13)15/h10,16H,5-9H2,1-4H3/t10?,13-,14+/m0/s1. The quantitative estimate of drug-likeness (QED) is 0.687. The molecule has 0 aromatic rings. The van der Waals surface area contributed by atoms with Crippen LogP contribution in [0.5, 0.6) is 0 Å². The van der Waals surface area contributed by atoms with Gasteiger partial charge in [0.1, 0.15) is 5.60 Å². The number of carbonyl (C=O) groups is 1. The number of carbonyl (C=O) groups excluding carboxylic acids is 1. The average molecular weight is 224 g/mol. The molecule has 2 saturated carbocycles. The molecule has 2 aliphatic rings. The van der Waals surface area contributed by atoms with Crippen molar-refractivity contribution in [2.24, 2.45) is 16.7 Å². The molecule has 3 atom stereocenters. The van der Waals surface area contributed by atoms with Gasteiger partial charge in [-0.15, -0.1) is 0 Å². The maximum Gasteiger partial charge on any atom is 0.170 e. The number of hydrogen-bond donors (Lipinski definition) is 1. The fraction of sp³-hybridized carbons (Fsp3) is 0.929. The molecule has 0 heterocycles. The Labute approximate surface area is 98.4 Å². The van der Waals surface area contributed by atoms with Crippen LogP contribution in [0.1, 0.15) is 59.8 Å². The number of Topliss-reactive ketones (excluding diaryl/α,β-unsaturated/α-hetero) is 1. The van der Waals surface area contributed by atoms with Gasteiger partial charge < -0.3 is 5.11 Å². The molecular formula is C14H24O2. The summed E-state index contributed by atoms with van der Waals surface area (Å²) in [6.07, 6.45) is 4.90. The monoisotopic (exact) mass is 224 g/mol. The molecule has 0 spiro atoms. The minimum atomic E-state index is -1.08. The summed E-state index contributed by atoms with van der Waals surface area (Å²) >= 11 is 0. The number of fused-ring (bicyclic) bond motifs is 1. The van der Waals surface area contributed by atoms with Crippen LogP contribution in [-0.4, -0.2) is 16.5 Å². The Hall–Kier alpha value is -0.370. The Morgan fingerprint density at radius 3 is 2.38 bits per heavy atom. The van der Waals surface area contributed by atoms with Gasteiger partial charge in [0.2, 0.25) is 0 Å². The van der Waals surface area contributed by atoms with E-state index < -0.39 is 5.60 Å². The summed E-state index contributed by atoms with van der Waals surface area (Å²) in [4.78, 5) is 12.4. The van der Waals surface area contributed by atoms with E-state index in [9.17, 15) is 9.90 Å². The Kier molecular flexibility index (Phi) is 2.51. The Bertz CT molecular complexity index is 317. The van der Waals surface area contributed by atoms with E-state index in [2.05, 4.69) is 20.8 Å². The molecule has 0 saturated heterocycles. The van der Waals surface area contributed by atoms with Gasteiger partial charge in [-0.1, -0.05) is 27.2 Å². The fourth-order valence-electron chi connectivity index (χ4n) is 4.26. The van der Waals surface area contributed by atoms with Crippen LogP contribution in [0.25, 0.3) is 0 Å². The van der Waals surface area contributed by atoms with Gasteiger partial charge in [-0.2, -0.15) is 0 Å². The highest BCUT2D eigenvalue weighted by atomic mass is 16.3. The lowest BCUT2D eigenvalue weighted by Gasteiger charge is -2.55. The van der Waals surface area contributed by atoms with Gasteiger partial charge in [-0.05, 0) is 43.9 Å². The molecule has 0 aromatic carbocycles. The zero-order chi connectivity index (χ0) is 12.2. The number of rotatable bonds is 0. The van der Waals surface area contributed by atoms with E-state index >= 15 is 0 Å². The van der Waals surface area contributed by atoms with E-state index in [-0.39, 0.29) is 16.6 Å². The zero-order valence-corrected chi connectivity index (χ0v) is 11.0. The predicted octanol–water partition coefficient (Wildman–Crippen LogP) is 2.93. The Morgan fingerprint density at radius 1 is 1.12 bits per heavy atom. The molecule has 16 heavy (non-hydrogen) atoms. The molecule has 0 aromatic heterocycles. The van der Waals surface area contributed by atoms with Crippen LogP contribution in [0.2, 0.25) is 0 Å². The lowest BCUT2D eigenvalue weighted by atomic mass is 9.49. The normalized spacial score (nSPS) is 47.6. The van der Waals surface area contributed by atoms with E-state index in [1.165, 1.54) is 6.42 Å². The van der Waals surface area contributed by atoms with Gasteiger partial charge in [-0.25, -0.2) is 0 Å². The summed E-state index contributed by atoms with van der Waals surface area (Å²) in [6.45, 7) is 8.33. The first-order valence-corrected chi connectivity index (χ1v) is 6.47. The molecular weight excluding hydrogens is 200 g/mol. The van der Waals surface area contributed by atoms with Crippen molar-refractivity contribution in [2.75, 3.05) is 0 Å². The molecule has 0 amide bonds. The first-order valence-electron chi connectivity index (χ1n) is 6.47. The van der Waals surface area contributed by atoms with Crippen molar-refractivity contribution in [1.82, 2.24) is 0 Å².